The van der Waals surface area contributed by atoms with Crippen LogP contribution in [0.2, 0.25) is 10.0 Å². The van der Waals surface area contributed by atoms with Gasteiger partial charge in [-0.25, -0.2) is 0 Å². The van der Waals surface area contributed by atoms with Crippen LogP contribution < -0.4 is 5.73 Å². The number of benzene rings is 1. The number of aryl methyl sites for hydroxylation is 1. The molecule has 1 aromatic carbocycles. The first-order valence-electron chi connectivity index (χ1n) is 6.88. The van der Waals surface area contributed by atoms with Gasteiger partial charge in [0.2, 0.25) is 0 Å². The molecule has 0 unspecified atom stereocenters. The first-order valence-corrected chi connectivity index (χ1v) is 7.63. The van der Waals surface area contributed by atoms with Crippen LogP contribution in [0.25, 0.3) is 0 Å². The van der Waals surface area contributed by atoms with E-state index in [0.717, 1.165) is 36.6 Å². The molecule has 0 aliphatic carbocycles. The molecular formula is C16H19Cl2N3. The lowest BCUT2D eigenvalue weighted by molar-refractivity contribution is 0.268. The van der Waals surface area contributed by atoms with Crippen LogP contribution in [-0.4, -0.2) is 16.4 Å². The predicted molar refractivity (Wildman–Crippen MR) is 89.6 cm³/mol. The average molecular weight is 324 g/mol. The van der Waals surface area contributed by atoms with E-state index in [1.165, 1.54) is 0 Å². The van der Waals surface area contributed by atoms with Gasteiger partial charge in [-0.05, 0) is 43.3 Å². The third-order valence-corrected chi connectivity index (χ3v) is 3.95. The van der Waals surface area contributed by atoms with E-state index in [4.69, 9.17) is 28.9 Å². The van der Waals surface area contributed by atoms with E-state index in [2.05, 4.69) is 16.8 Å². The molecule has 0 saturated carbocycles. The van der Waals surface area contributed by atoms with Gasteiger partial charge in [0.25, 0.3) is 0 Å². The third-order valence-electron chi connectivity index (χ3n) is 3.32. The lowest BCUT2D eigenvalue weighted by Gasteiger charge is -2.21. The molecular weight excluding hydrogens is 305 g/mol. The van der Waals surface area contributed by atoms with Gasteiger partial charge in [0, 0.05) is 18.8 Å². The van der Waals surface area contributed by atoms with E-state index in [1.54, 1.807) is 0 Å². The second-order valence-electron chi connectivity index (χ2n) is 5.05. The Morgan fingerprint density at radius 3 is 2.38 bits per heavy atom. The fourth-order valence-electron chi connectivity index (χ4n) is 2.18. The standard InChI is InChI=1S/C16H19Cl2N3/c1-3-21(10-13-6-4-5-11(2)20-13)9-12-7-14(17)16(19)15(18)8-12/h4-8H,3,9-10,19H2,1-2H3. The highest BCUT2D eigenvalue weighted by atomic mass is 35.5. The molecule has 0 aliphatic rings. The van der Waals surface area contributed by atoms with Crippen LogP contribution in [0.3, 0.4) is 0 Å². The van der Waals surface area contributed by atoms with Gasteiger partial charge in [-0.3, -0.25) is 9.88 Å². The molecule has 3 nitrogen and oxygen atoms in total. The molecule has 112 valence electrons. The molecule has 21 heavy (non-hydrogen) atoms. The second kappa shape index (κ2) is 7.12. The first kappa shape index (κ1) is 16.1. The molecule has 0 fully saturated rings. The van der Waals surface area contributed by atoms with Crippen molar-refractivity contribution in [3.63, 3.8) is 0 Å². The van der Waals surface area contributed by atoms with Gasteiger partial charge in [-0.15, -0.1) is 0 Å². The summed E-state index contributed by atoms with van der Waals surface area (Å²) in [6, 6.07) is 9.81. The van der Waals surface area contributed by atoms with Crippen molar-refractivity contribution < 1.29 is 0 Å². The van der Waals surface area contributed by atoms with Crippen molar-refractivity contribution in [1.82, 2.24) is 9.88 Å². The summed E-state index contributed by atoms with van der Waals surface area (Å²) in [7, 11) is 0. The van der Waals surface area contributed by atoms with Crippen LogP contribution in [0.4, 0.5) is 5.69 Å². The van der Waals surface area contributed by atoms with E-state index in [9.17, 15) is 0 Å². The van der Waals surface area contributed by atoms with Crippen LogP contribution in [0, 0.1) is 6.92 Å². The minimum atomic E-state index is 0.436. The Labute approximate surface area is 135 Å². The van der Waals surface area contributed by atoms with Crippen molar-refractivity contribution in [1.29, 1.82) is 0 Å². The summed E-state index contributed by atoms with van der Waals surface area (Å²) in [5, 5.41) is 1.00. The fourth-order valence-corrected chi connectivity index (χ4v) is 2.71. The van der Waals surface area contributed by atoms with Crippen LogP contribution >= 0.6 is 23.2 Å². The molecule has 2 N–H and O–H groups in total. The normalized spacial score (nSPS) is 11.1. The zero-order valence-corrected chi connectivity index (χ0v) is 13.7. The van der Waals surface area contributed by atoms with E-state index in [0.29, 0.717) is 15.7 Å². The summed E-state index contributed by atoms with van der Waals surface area (Å²) in [4.78, 5) is 6.82. The highest BCUT2D eigenvalue weighted by molar-refractivity contribution is 6.38. The molecule has 0 amide bonds. The van der Waals surface area contributed by atoms with Crippen LogP contribution in [0.1, 0.15) is 23.9 Å². The monoisotopic (exact) mass is 323 g/mol. The minimum absolute atomic E-state index is 0.436. The van der Waals surface area contributed by atoms with Crippen molar-refractivity contribution in [2.24, 2.45) is 0 Å². The van der Waals surface area contributed by atoms with Crippen molar-refractivity contribution in [3.8, 4) is 0 Å². The fraction of sp³-hybridized carbons (Fsp3) is 0.312. The van der Waals surface area contributed by atoms with E-state index >= 15 is 0 Å². The van der Waals surface area contributed by atoms with Crippen molar-refractivity contribution in [2.75, 3.05) is 12.3 Å². The van der Waals surface area contributed by atoms with Crippen molar-refractivity contribution in [3.05, 3.63) is 57.3 Å². The maximum Gasteiger partial charge on any atom is 0.0693 e. The summed E-state index contributed by atoms with van der Waals surface area (Å²) in [6.07, 6.45) is 0. The van der Waals surface area contributed by atoms with E-state index in [1.807, 2.05) is 37.3 Å². The number of anilines is 1. The summed E-state index contributed by atoms with van der Waals surface area (Å²) in [5.74, 6) is 0. The molecule has 2 aromatic rings. The van der Waals surface area contributed by atoms with Crippen molar-refractivity contribution in [2.45, 2.75) is 26.9 Å². The zero-order chi connectivity index (χ0) is 15.4. The zero-order valence-electron chi connectivity index (χ0n) is 12.2. The number of hydrogen-bond donors (Lipinski definition) is 1. The highest BCUT2D eigenvalue weighted by Crippen LogP contribution is 2.29. The first-order chi connectivity index (χ1) is 9.99. The van der Waals surface area contributed by atoms with E-state index < -0.39 is 0 Å². The number of hydrogen-bond acceptors (Lipinski definition) is 3. The predicted octanol–water partition coefficient (Wildman–Crippen LogP) is 4.30. The van der Waals surface area contributed by atoms with Gasteiger partial charge in [-0.2, -0.15) is 0 Å². The molecule has 0 radical (unpaired) electrons. The number of halogens is 2. The third kappa shape index (κ3) is 4.34. The quantitative estimate of drug-likeness (QED) is 0.834. The Hall–Kier alpha value is -1.29. The summed E-state index contributed by atoms with van der Waals surface area (Å²) < 4.78 is 0. The molecule has 0 atom stereocenters. The molecule has 1 aromatic heterocycles. The molecule has 0 bridgehead atoms. The number of aromatic nitrogens is 1. The summed E-state index contributed by atoms with van der Waals surface area (Å²) in [5.41, 5.74) is 9.34. The Bertz CT molecular complexity index is 606. The van der Waals surface area contributed by atoms with Crippen LogP contribution in [-0.2, 0) is 13.1 Å². The van der Waals surface area contributed by atoms with Gasteiger partial charge >= 0.3 is 0 Å². The number of nitrogens with two attached hydrogens (primary N) is 1. The highest BCUT2D eigenvalue weighted by Gasteiger charge is 2.10. The number of nitrogen functional groups attached to an aromatic ring is 1. The van der Waals surface area contributed by atoms with Crippen LogP contribution in [0.5, 0.6) is 0 Å². The maximum absolute atomic E-state index is 6.09. The Morgan fingerprint density at radius 2 is 1.81 bits per heavy atom. The Kier molecular flexibility index (Phi) is 5.45. The number of nitrogens with zero attached hydrogens (tertiary/aromatic N) is 2. The summed E-state index contributed by atoms with van der Waals surface area (Å²) >= 11 is 12.2. The van der Waals surface area contributed by atoms with E-state index in [-0.39, 0.29) is 0 Å². The molecule has 0 aliphatic heterocycles. The van der Waals surface area contributed by atoms with Gasteiger partial charge in [0.15, 0.2) is 0 Å². The smallest absolute Gasteiger partial charge is 0.0693 e. The largest absolute Gasteiger partial charge is 0.396 e. The van der Waals surface area contributed by atoms with Gasteiger partial charge in [0.05, 0.1) is 21.4 Å². The number of pyridine rings is 1. The topological polar surface area (TPSA) is 42.1 Å². The molecule has 2 rings (SSSR count). The molecule has 1 heterocycles. The number of rotatable bonds is 5. The Balaban J connectivity index is 2.12. The SMILES string of the molecule is CCN(Cc1cc(Cl)c(N)c(Cl)c1)Cc1cccc(C)n1. The van der Waals surface area contributed by atoms with Gasteiger partial charge in [0.1, 0.15) is 0 Å². The second-order valence-corrected chi connectivity index (χ2v) is 5.86. The van der Waals surface area contributed by atoms with Crippen molar-refractivity contribution >= 4 is 28.9 Å². The minimum Gasteiger partial charge on any atom is -0.396 e. The molecule has 5 heteroatoms. The lowest BCUT2D eigenvalue weighted by Crippen LogP contribution is -2.23. The van der Waals surface area contributed by atoms with Gasteiger partial charge in [-0.1, -0.05) is 36.2 Å². The molecule has 0 saturated heterocycles. The van der Waals surface area contributed by atoms with Crippen LogP contribution in [0.15, 0.2) is 30.3 Å². The average Bonchev–Trinajstić information content (AvgIpc) is 2.44. The van der Waals surface area contributed by atoms with Gasteiger partial charge < -0.3 is 5.73 Å². The Morgan fingerprint density at radius 1 is 1.14 bits per heavy atom. The lowest BCUT2D eigenvalue weighted by atomic mass is 10.2. The summed E-state index contributed by atoms with van der Waals surface area (Å²) in [6.45, 7) is 6.58. The maximum atomic E-state index is 6.09. The molecule has 0 spiro atoms.